The maximum absolute atomic E-state index is 12.8. The molecule has 1 N–H and O–H groups in total. The van der Waals surface area contributed by atoms with Crippen LogP contribution in [0.5, 0.6) is 0 Å². The van der Waals surface area contributed by atoms with E-state index in [-0.39, 0.29) is 11.5 Å². The minimum absolute atomic E-state index is 0.103. The van der Waals surface area contributed by atoms with Gasteiger partial charge in [-0.15, -0.1) is 11.3 Å². The molecule has 0 bridgehead atoms. The Morgan fingerprint density at radius 1 is 1.00 bits per heavy atom. The highest BCUT2D eigenvalue weighted by Gasteiger charge is 2.22. The van der Waals surface area contributed by atoms with Crippen molar-refractivity contribution in [2.45, 2.75) is 45.4 Å². The van der Waals surface area contributed by atoms with Crippen molar-refractivity contribution in [3.63, 3.8) is 0 Å². The molecule has 1 saturated carbocycles. The van der Waals surface area contributed by atoms with E-state index in [1.54, 1.807) is 6.07 Å². The van der Waals surface area contributed by atoms with Crippen molar-refractivity contribution in [1.29, 1.82) is 0 Å². The summed E-state index contributed by atoms with van der Waals surface area (Å²) in [6.45, 7) is 2.64. The lowest BCUT2D eigenvalue weighted by Crippen LogP contribution is -2.26. The molecule has 1 amide bonds. The molecule has 0 saturated heterocycles. The maximum Gasteiger partial charge on any atom is 0.345 e. The topological polar surface area (TPSA) is 59.3 Å². The van der Waals surface area contributed by atoms with Crippen molar-refractivity contribution in [2.75, 3.05) is 6.54 Å². The fraction of sp³-hybridized carbons (Fsp3) is 0.357. The molecule has 1 aliphatic carbocycles. The lowest BCUT2D eigenvalue weighted by molar-refractivity contribution is 0.0953. The van der Waals surface area contributed by atoms with E-state index in [0.29, 0.717) is 28.3 Å². The fourth-order valence-corrected chi connectivity index (χ4v) is 6.15. The number of aryl methyl sites for hydroxylation is 1. The van der Waals surface area contributed by atoms with Gasteiger partial charge >= 0.3 is 5.63 Å². The van der Waals surface area contributed by atoms with Crippen LogP contribution in [0.4, 0.5) is 0 Å². The summed E-state index contributed by atoms with van der Waals surface area (Å²) >= 11 is 1.37. The molecule has 0 radical (unpaired) electrons. The van der Waals surface area contributed by atoms with Crippen LogP contribution in [-0.4, -0.2) is 12.5 Å². The molecule has 2 aromatic carbocycles. The molecule has 0 spiro atoms. The molecule has 2 aromatic heterocycles. The second kappa shape index (κ2) is 9.52. The van der Waals surface area contributed by atoms with Crippen LogP contribution in [0.25, 0.3) is 21.1 Å². The Labute approximate surface area is 197 Å². The molecule has 0 unspecified atom stereocenters. The summed E-state index contributed by atoms with van der Waals surface area (Å²) in [5.41, 5.74) is 2.66. The summed E-state index contributed by atoms with van der Waals surface area (Å²) in [5, 5.41) is 4.44. The van der Waals surface area contributed by atoms with Gasteiger partial charge in [0.15, 0.2) is 0 Å². The van der Waals surface area contributed by atoms with Crippen molar-refractivity contribution in [2.24, 2.45) is 11.8 Å². The van der Waals surface area contributed by atoms with Gasteiger partial charge in [-0.2, -0.15) is 0 Å². The summed E-state index contributed by atoms with van der Waals surface area (Å²) in [5.74, 6) is 1.36. The Morgan fingerprint density at radius 3 is 2.55 bits per heavy atom. The molecule has 170 valence electrons. The Balaban J connectivity index is 1.16. The maximum atomic E-state index is 12.8. The lowest BCUT2D eigenvalue weighted by Gasteiger charge is -2.28. The van der Waals surface area contributed by atoms with Crippen LogP contribution in [0.1, 0.15) is 52.9 Å². The van der Waals surface area contributed by atoms with Gasteiger partial charge in [-0.3, -0.25) is 4.79 Å². The van der Waals surface area contributed by atoms with Gasteiger partial charge < -0.3 is 9.73 Å². The van der Waals surface area contributed by atoms with E-state index in [1.165, 1.54) is 49.0 Å². The van der Waals surface area contributed by atoms with Gasteiger partial charge in [0.2, 0.25) is 0 Å². The smallest absolute Gasteiger partial charge is 0.345 e. The van der Waals surface area contributed by atoms with Gasteiger partial charge in [-0.05, 0) is 73.8 Å². The number of amides is 1. The standard InChI is InChI=1S/C28H29NO3S/c1-18-7-12-22-24(15-18)32-28(31)23-17-25(33-26(22)23)27(30)29-14-13-19-8-10-21(11-9-19)16-20-5-3-2-4-6-20/h2-7,12,15,17,19,21H,8-11,13-14,16H2,1H3,(H,29,30). The van der Waals surface area contributed by atoms with Crippen molar-refractivity contribution >= 4 is 38.3 Å². The molecule has 0 atom stereocenters. The third-order valence-corrected chi connectivity index (χ3v) is 8.10. The van der Waals surface area contributed by atoms with Crippen LogP contribution < -0.4 is 10.9 Å². The number of hydrogen-bond donors (Lipinski definition) is 1. The Morgan fingerprint density at radius 2 is 1.76 bits per heavy atom. The van der Waals surface area contributed by atoms with Crippen molar-refractivity contribution in [1.82, 2.24) is 5.32 Å². The second-order valence-electron chi connectivity index (χ2n) is 9.36. The minimum atomic E-state index is -0.384. The number of hydrogen-bond acceptors (Lipinski definition) is 4. The van der Waals surface area contributed by atoms with Gasteiger partial charge in [0.1, 0.15) is 5.58 Å². The molecule has 5 heteroatoms. The molecule has 2 heterocycles. The first-order valence-electron chi connectivity index (χ1n) is 11.9. The Kier molecular flexibility index (Phi) is 6.32. The molecule has 1 fully saturated rings. The zero-order valence-electron chi connectivity index (χ0n) is 18.9. The van der Waals surface area contributed by atoms with Crippen LogP contribution in [0.3, 0.4) is 0 Å². The summed E-state index contributed by atoms with van der Waals surface area (Å²) in [6.07, 6.45) is 7.21. The third-order valence-electron chi connectivity index (χ3n) is 6.93. The van der Waals surface area contributed by atoms with E-state index in [0.717, 1.165) is 28.0 Å². The lowest BCUT2D eigenvalue weighted by atomic mass is 9.78. The number of nitrogens with one attached hydrogen (secondary N) is 1. The Hall–Kier alpha value is -2.92. The quantitative estimate of drug-likeness (QED) is 0.336. The first kappa shape index (κ1) is 21.9. The van der Waals surface area contributed by atoms with E-state index in [2.05, 4.69) is 35.6 Å². The summed E-state index contributed by atoms with van der Waals surface area (Å²) < 4.78 is 6.30. The average Bonchev–Trinajstić information content (AvgIpc) is 3.27. The Bertz CT molecular complexity index is 1330. The predicted molar refractivity (Wildman–Crippen MR) is 135 cm³/mol. The van der Waals surface area contributed by atoms with Crippen LogP contribution >= 0.6 is 11.3 Å². The number of carbonyl (C=O) groups is 1. The zero-order chi connectivity index (χ0) is 22.8. The largest absolute Gasteiger partial charge is 0.422 e. The highest BCUT2D eigenvalue weighted by molar-refractivity contribution is 7.21. The molecular formula is C28H29NO3S. The molecule has 0 aliphatic heterocycles. The van der Waals surface area contributed by atoms with Crippen molar-refractivity contribution in [3.05, 3.63) is 81.0 Å². The summed E-state index contributed by atoms with van der Waals surface area (Å²) in [4.78, 5) is 25.8. The van der Waals surface area contributed by atoms with E-state index in [1.807, 2.05) is 25.1 Å². The number of benzene rings is 2. The predicted octanol–water partition coefficient (Wildman–Crippen LogP) is 6.49. The van der Waals surface area contributed by atoms with Crippen LogP contribution in [0, 0.1) is 18.8 Å². The SMILES string of the molecule is Cc1ccc2c(c1)oc(=O)c1cc(C(=O)NCCC3CCC(Cc4ccccc4)CC3)sc12. The summed E-state index contributed by atoms with van der Waals surface area (Å²) in [7, 11) is 0. The molecule has 5 rings (SSSR count). The van der Waals surface area contributed by atoms with Gasteiger partial charge in [0, 0.05) is 11.9 Å². The van der Waals surface area contributed by atoms with E-state index in [4.69, 9.17) is 4.42 Å². The fourth-order valence-electron chi connectivity index (χ4n) is 5.06. The minimum Gasteiger partial charge on any atom is -0.422 e. The summed E-state index contributed by atoms with van der Waals surface area (Å²) in [6, 6.07) is 18.3. The highest BCUT2D eigenvalue weighted by atomic mass is 32.1. The third kappa shape index (κ3) is 4.88. The van der Waals surface area contributed by atoms with Gasteiger partial charge in [0.05, 0.1) is 15.0 Å². The number of carbonyl (C=O) groups excluding carboxylic acids is 1. The molecule has 4 nitrogen and oxygen atoms in total. The molecule has 4 aromatic rings. The highest BCUT2D eigenvalue weighted by Crippen LogP contribution is 2.33. The molecule has 1 aliphatic rings. The van der Waals surface area contributed by atoms with Gasteiger partial charge in [0.25, 0.3) is 5.91 Å². The van der Waals surface area contributed by atoms with E-state index >= 15 is 0 Å². The van der Waals surface area contributed by atoms with Crippen LogP contribution in [0.15, 0.2) is 63.8 Å². The van der Waals surface area contributed by atoms with Crippen molar-refractivity contribution in [3.8, 4) is 0 Å². The number of fused-ring (bicyclic) bond motifs is 3. The van der Waals surface area contributed by atoms with Crippen LogP contribution in [0.2, 0.25) is 0 Å². The zero-order valence-corrected chi connectivity index (χ0v) is 19.8. The average molecular weight is 460 g/mol. The second-order valence-corrected chi connectivity index (χ2v) is 10.4. The van der Waals surface area contributed by atoms with Crippen LogP contribution in [-0.2, 0) is 6.42 Å². The van der Waals surface area contributed by atoms with E-state index < -0.39 is 0 Å². The monoisotopic (exact) mass is 459 g/mol. The first-order chi connectivity index (χ1) is 16.1. The molecular weight excluding hydrogens is 430 g/mol. The van der Waals surface area contributed by atoms with E-state index in [9.17, 15) is 9.59 Å². The van der Waals surface area contributed by atoms with Gasteiger partial charge in [-0.1, -0.05) is 49.2 Å². The number of thiophene rings is 1. The van der Waals surface area contributed by atoms with Crippen molar-refractivity contribution < 1.29 is 9.21 Å². The number of rotatable bonds is 6. The van der Waals surface area contributed by atoms with Gasteiger partial charge in [-0.25, -0.2) is 4.79 Å². The first-order valence-corrected chi connectivity index (χ1v) is 12.7. The normalized spacial score (nSPS) is 18.6. The molecule has 33 heavy (non-hydrogen) atoms.